The zero-order valence-corrected chi connectivity index (χ0v) is 10.7. The van der Waals surface area contributed by atoms with Gasteiger partial charge >= 0.3 is 0 Å². The Balaban J connectivity index is 1.59. The zero-order chi connectivity index (χ0) is 13.8. The minimum atomic E-state index is -0.347. The summed E-state index contributed by atoms with van der Waals surface area (Å²) in [6.07, 6.45) is 0. The molecule has 2 heterocycles. The van der Waals surface area contributed by atoms with Crippen LogP contribution < -0.4 is 10.1 Å². The number of rotatable bonds is 4. The maximum Gasteiger partial charge on any atom is 0.246 e. The van der Waals surface area contributed by atoms with Gasteiger partial charge in [0.05, 0.1) is 13.2 Å². The maximum absolute atomic E-state index is 13.0. The van der Waals surface area contributed by atoms with Gasteiger partial charge in [0.2, 0.25) is 11.7 Å². The lowest BCUT2D eigenvalue weighted by Gasteiger charge is -2.20. The number of hydrogen-bond acceptors (Lipinski definition) is 6. The summed E-state index contributed by atoms with van der Waals surface area (Å²) in [5.74, 6) is 0.967. The van der Waals surface area contributed by atoms with E-state index in [1.807, 2.05) is 0 Å². The lowest BCUT2D eigenvalue weighted by Crippen LogP contribution is -2.34. The zero-order valence-electron chi connectivity index (χ0n) is 10.7. The fourth-order valence-corrected chi connectivity index (χ4v) is 1.90. The quantitative estimate of drug-likeness (QED) is 0.913. The van der Waals surface area contributed by atoms with E-state index in [0.717, 1.165) is 6.54 Å². The van der Waals surface area contributed by atoms with Crippen molar-refractivity contribution >= 4 is 0 Å². The second-order valence-electron chi connectivity index (χ2n) is 4.38. The summed E-state index contributed by atoms with van der Waals surface area (Å²) in [4.78, 5) is 4.23. The van der Waals surface area contributed by atoms with Crippen molar-refractivity contribution < 1.29 is 18.4 Å². The molecule has 0 radical (unpaired) electrons. The Kier molecular flexibility index (Phi) is 3.89. The molecule has 1 atom stereocenters. The van der Waals surface area contributed by atoms with Crippen LogP contribution in [-0.2, 0) is 11.3 Å². The number of nitrogens with one attached hydrogen (secondary N) is 1. The van der Waals surface area contributed by atoms with Crippen LogP contribution in [0.1, 0.15) is 17.8 Å². The van der Waals surface area contributed by atoms with Crippen LogP contribution in [0.3, 0.4) is 0 Å². The Hall–Kier alpha value is -1.99. The summed E-state index contributed by atoms with van der Waals surface area (Å²) in [7, 11) is 0. The minimum absolute atomic E-state index is 0.0841. The van der Waals surface area contributed by atoms with Crippen molar-refractivity contribution in [1.29, 1.82) is 0 Å². The first-order valence-electron chi connectivity index (χ1n) is 6.33. The second kappa shape index (κ2) is 5.98. The number of hydrogen-bond donors (Lipinski definition) is 1. The third-order valence-electron chi connectivity index (χ3n) is 2.87. The van der Waals surface area contributed by atoms with Crippen LogP contribution in [0.5, 0.6) is 5.75 Å². The summed E-state index contributed by atoms with van der Waals surface area (Å²) in [5, 5.41) is 7.05. The molecule has 6 nitrogen and oxygen atoms in total. The van der Waals surface area contributed by atoms with Gasteiger partial charge in [-0.05, 0) is 12.1 Å². The number of benzene rings is 1. The molecule has 1 unspecified atom stereocenters. The first kappa shape index (κ1) is 13.0. The molecule has 1 saturated heterocycles. The Morgan fingerprint density at radius 1 is 1.45 bits per heavy atom. The van der Waals surface area contributed by atoms with Crippen molar-refractivity contribution in [3.8, 4) is 5.75 Å². The van der Waals surface area contributed by atoms with Gasteiger partial charge in [0.15, 0.2) is 6.61 Å². The van der Waals surface area contributed by atoms with Gasteiger partial charge in [-0.2, -0.15) is 4.98 Å². The summed E-state index contributed by atoms with van der Waals surface area (Å²) in [6.45, 7) is 2.06. The van der Waals surface area contributed by atoms with Crippen LogP contribution in [-0.4, -0.2) is 29.9 Å². The number of halogens is 1. The van der Waals surface area contributed by atoms with Gasteiger partial charge in [0, 0.05) is 12.6 Å². The van der Waals surface area contributed by atoms with E-state index in [0.29, 0.717) is 30.7 Å². The van der Waals surface area contributed by atoms with Crippen molar-refractivity contribution in [2.75, 3.05) is 19.8 Å². The van der Waals surface area contributed by atoms with E-state index in [4.69, 9.17) is 14.0 Å². The molecular weight excluding hydrogens is 265 g/mol. The third-order valence-corrected chi connectivity index (χ3v) is 2.87. The fourth-order valence-electron chi connectivity index (χ4n) is 1.90. The maximum atomic E-state index is 13.0. The fraction of sp³-hybridized carbons (Fsp3) is 0.385. The lowest BCUT2D eigenvalue weighted by molar-refractivity contribution is 0.0659. The Morgan fingerprint density at radius 3 is 3.20 bits per heavy atom. The molecule has 2 aromatic rings. The smallest absolute Gasteiger partial charge is 0.246 e. The molecule has 0 spiro atoms. The minimum Gasteiger partial charge on any atom is -0.485 e. The highest BCUT2D eigenvalue weighted by Gasteiger charge is 2.21. The van der Waals surface area contributed by atoms with Crippen molar-refractivity contribution in [2.45, 2.75) is 12.6 Å². The second-order valence-corrected chi connectivity index (χ2v) is 4.38. The van der Waals surface area contributed by atoms with Crippen LogP contribution in [0.25, 0.3) is 0 Å². The molecule has 1 N–H and O–H groups in total. The molecule has 0 amide bonds. The summed E-state index contributed by atoms with van der Waals surface area (Å²) >= 11 is 0. The van der Waals surface area contributed by atoms with Gasteiger partial charge in [-0.25, -0.2) is 4.39 Å². The van der Waals surface area contributed by atoms with Gasteiger partial charge in [-0.3, -0.25) is 0 Å². The predicted octanol–water partition coefficient (Wildman–Crippen LogP) is 1.45. The van der Waals surface area contributed by atoms with Gasteiger partial charge in [0.25, 0.3) is 0 Å². The van der Waals surface area contributed by atoms with Crippen LogP contribution >= 0.6 is 0 Å². The van der Waals surface area contributed by atoms with E-state index >= 15 is 0 Å². The number of nitrogens with zero attached hydrogens (tertiary/aromatic N) is 2. The van der Waals surface area contributed by atoms with Crippen LogP contribution in [0.15, 0.2) is 28.8 Å². The van der Waals surface area contributed by atoms with Crippen molar-refractivity contribution in [3.63, 3.8) is 0 Å². The molecule has 0 aliphatic carbocycles. The molecule has 1 aliphatic heterocycles. The number of ether oxygens (including phenoxy) is 2. The standard InChI is InChI=1S/C13H14FN3O3/c14-9-2-1-3-10(6-9)19-8-12-16-13(20-17-12)11-7-18-5-4-15-11/h1-3,6,11,15H,4-5,7-8H2. The van der Waals surface area contributed by atoms with E-state index in [1.165, 1.54) is 12.1 Å². The Morgan fingerprint density at radius 2 is 2.40 bits per heavy atom. The topological polar surface area (TPSA) is 69.4 Å². The molecule has 7 heteroatoms. The molecule has 1 fully saturated rings. The van der Waals surface area contributed by atoms with Crippen molar-refractivity contribution in [2.24, 2.45) is 0 Å². The monoisotopic (exact) mass is 279 g/mol. The Labute approximate surface area is 114 Å². The summed E-state index contributed by atoms with van der Waals surface area (Å²) < 4.78 is 28.9. The van der Waals surface area contributed by atoms with E-state index in [2.05, 4.69) is 15.5 Å². The van der Waals surface area contributed by atoms with Gasteiger partial charge in [-0.1, -0.05) is 11.2 Å². The first-order valence-corrected chi connectivity index (χ1v) is 6.33. The molecule has 3 rings (SSSR count). The molecule has 1 aliphatic rings. The molecule has 1 aromatic heterocycles. The molecule has 0 saturated carbocycles. The third kappa shape index (κ3) is 3.12. The predicted molar refractivity (Wildman–Crippen MR) is 66.6 cm³/mol. The molecule has 1 aromatic carbocycles. The summed E-state index contributed by atoms with van der Waals surface area (Å²) in [5.41, 5.74) is 0. The number of aromatic nitrogens is 2. The normalized spacial score (nSPS) is 18.9. The number of morpholine rings is 1. The van der Waals surface area contributed by atoms with E-state index in [9.17, 15) is 4.39 Å². The Bertz CT molecular complexity index is 569. The lowest BCUT2D eigenvalue weighted by atomic mass is 10.3. The molecular formula is C13H14FN3O3. The van der Waals surface area contributed by atoms with Crippen LogP contribution in [0, 0.1) is 5.82 Å². The van der Waals surface area contributed by atoms with Crippen LogP contribution in [0.2, 0.25) is 0 Å². The SMILES string of the molecule is Fc1cccc(OCc2noc(C3COCCN3)n2)c1. The molecule has 0 bridgehead atoms. The van der Waals surface area contributed by atoms with Gasteiger partial charge < -0.3 is 19.3 Å². The highest BCUT2D eigenvalue weighted by molar-refractivity contribution is 5.22. The largest absolute Gasteiger partial charge is 0.485 e. The molecule has 106 valence electrons. The highest BCUT2D eigenvalue weighted by atomic mass is 19.1. The van der Waals surface area contributed by atoms with E-state index < -0.39 is 0 Å². The average molecular weight is 279 g/mol. The van der Waals surface area contributed by atoms with Crippen molar-refractivity contribution in [3.05, 3.63) is 41.8 Å². The first-order chi connectivity index (χ1) is 9.81. The van der Waals surface area contributed by atoms with Gasteiger partial charge in [0.1, 0.15) is 17.6 Å². The van der Waals surface area contributed by atoms with E-state index in [1.54, 1.807) is 12.1 Å². The van der Waals surface area contributed by atoms with E-state index in [-0.39, 0.29) is 18.5 Å². The summed E-state index contributed by atoms with van der Waals surface area (Å²) in [6, 6.07) is 5.82. The average Bonchev–Trinajstić information content (AvgIpc) is 2.95. The highest BCUT2D eigenvalue weighted by Crippen LogP contribution is 2.16. The van der Waals surface area contributed by atoms with Crippen molar-refractivity contribution in [1.82, 2.24) is 15.5 Å². The molecule has 20 heavy (non-hydrogen) atoms. The van der Waals surface area contributed by atoms with Crippen LogP contribution in [0.4, 0.5) is 4.39 Å². The van der Waals surface area contributed by atoms with Gasteiger partial charge in [-0.15, -0.1) is 0 Å².